The van der Waals surface area contributed by atoms with E-state index in [-0.39, 0.29) is 22.4 Å². The topological polar surface area (TPSA) is 84.9 Å². The van der Waals surface area contributed by atoms with E-state index in [1.165, 1.54) is 32.4 Å². The Bertz CT molecular complexity index is 927. The Morgan fingerprint density at radius 3 is 2.48 bits per heavy atom. The van der Waals surface area contributed by atoms with Crippen molar-refractivity contribution in [1.29, 1.82) is 0 Å². The Morgan fingerprint density at radius 2 is 1.85 bits per heavy atom. The first-order chi connectivity index (χ1) is 12.7. The minimum absolute atomic E-state index is 0.0275. The molecule has 7 nitrogen and oxygen atoms in total. The molecule has 0 saturated carbocycles. The van der Waals surface area contributed by atoms with Crippen molar-refractivity contribution in [2.24, 2.45) is 0 Å². The van der Waals surface area contributed by atoms with Gasteiger partial charge < -0.3 is 10.1 Å². The lowest BCUT2D eigenvalue weighted by Crippen LogP contribution is -2.28. The van der Waals surface area contributed by atoms with Crippen LogP contribution in [0.5, 0.6) is 5.75 Å². The van der Waals surface area contributed by atoms with Crippen molar-refractivity contribution in [2.75, 3.05) is 21.3 Å². The second kappa shape index (κ2) is 8.51. The maximum absolute atomic E-state index is 12.6. The molecule has 0 aromatic heterocycles. The quantitative estimate of drug-likeness (QED) is 0.733. The van der Waals surface area contributed by atoms with E-state index in [0.717, 1.165) is 15.6 Å². The highest BCUT2D eigenvalue weighted by molar-refractivity contribution is 7.89. The molecule has 2 rings (SSSR count). The summed E-state index contributed by atoms with van der Waals surface area (Å²) in [6, 6.07) is 11.2. The monoisotopic (exact) mass is 392 g/mol. The number of rotatable bonds is 7. The highest BCUT2D eigenvalue weighted by Gasteiger charge is 2.22. The Kier molecular flexibility index (Phi) is 6.59. The number of aryl methyl sites for hydroxylation is 1. The fraction of sp³-hybridized carbons (Fsp3) is 0.316. The molecule has 146 valence electrons. The van der Waals surface area contributed by atoms with Crippen LogP contribution < -0.4 is 10.1 Å². The Balaban J connectivity index is 2.27. The molecule has 2 aromatic carbocycles. The summed E-state index contributed by atoms with van der Waals surface area (Å²) in [5.41, 5.74) is 2.12. The Labute approximate surface area is 159 Å². The Hall–Kier alpha value is -2.42. The number of hydroxylamine groups is 1. The molecule has 8 heteroatoms. The molecule has 0 fully saturated rings. The zero-order valence-electron chi connectivity index (χ0n) is 16.0. The summed E-state index contributed by atoms with van der Waals surface area (Å²) in [5, 5.41) is 2.88. The SMILES string of the molecule is COc1ccc(C)cc1[C@@H](C)NC(=O)c1cccc(S(=O)(=O)N(C)OC)c1. The van der Waals surface area contributed by atoms with Crippen LogP contribution in [0, 0.1) is 6.92 Å². The van der Waals surface area contributed by atoms with Crippen LogP contribution in [0.25, 0.3) is 0 Å². The third kappa shape index (κ3) is 4.65. The van der Waals surface area contributed by atoms with E-state index in [1.54, 1.807) is 13.2 Å². The van der Waals surface area contributed by atoms with Gasteiger partial charge in [0.05, 0.1) is 25.2 Å². The van der Waals surface area contributed by atoms with E-state index in [4.69, 9.17) is 9.57 Å². The van der Waals surface area contributed by atoms with Crippen LogP contribution in [-0.4, -0.2) is 40.1 Å². The van der Waals surface area contributed by atoms with Crippen molar-refractivity contribution in [3.05, 3.63) is 59.2 Å². The van der Waals surface area contributed by atoms with Crippen LogP contribution in [0.2, 0.25) is 0 Å². The molecule has 1 amide bonds. The summed E-state index contributed by atoms with van der Waals surface area (Å²) >= 11 is 0. The molecule has 27 heavy (non-hydrogen) atoms. The number of sulfonamides is 1. The maximum atomic E-state index is 12.6. The smallest absolute Gasteiger partial charge is 0.264 e. The number of hydrogen-bond acceptors (Lipinski definition) is 5. The largest absolute Gasteiger partial charge is 0.496 e. The molecule has 0 heterocycles. The fourth-order valence-electron chi connectivity index (χ4n) is 2.59. The summed E-state index contributed by atoms with van der Waals surface area (Å²) in [4.78, 5) is 17.4. The summed E-state index contributed by atoms with van der Waals surface area (Å²) in [5.74, 6) is 0.287. The lowest BCUT2D eigenvalue weighted by Gasteiger charge is -2.18. The lowest BCUT2D eigenvalue weighted by molar-refractivity contribution is -0.0258. The average molecular weight is 392 g/mol. The fourth-order valence-corrected chi connectivity index (χ4v) is 3.61. The van der Waals surface area contributed by atoms with Gasteiger partial charge in [-0.25, -0.2) is 8.42 Å². The van der Waals surface area contributed by atoms with Crippen LogP contribution in [0.1, 0.15) is 34.5 Å². The number of benzene rings is 2. The molecule has 2 aromatic rings. The van der Waals surface area contributed by atoms with E-state index in [2.05, 4.69) is 5.32 Å². The third-order valence-electron chi connectivity index (χ3n) is 4.19. The van der Waals surface area contributed by atoms with Crippen molar-refractivity contribution in [3.63, 3.8) is 0 Å². The normalized spacial score (nSPS) is 12.7. The average Bonchev–Trinajstić information content (AvgIpc) is 2.67. The first-order valence-corrected chi connectivity index (χ1v) is 9.73. The molecule has 1 N–H and O–H groups in total. The molecule has 0 aliphatic rings. The molecule has 0 spiro atoms. The van der Waals surface area contributed by atoms with Gasteiger partial charge >= 0.3 is 0 Å². The molecule has 0 aliphatic heterocycles. The van der Waals surface area contributed by atoms with Gasteiger partial charge in [-0.05, 0) is 38.1 Å². The highest BCUT2D eigenvalue weighted by Crippen LogP contribution is 2.26. The van der Waals surface area contributed by atoms with E-state index in [9.17, 15) is 13.2 Å². The highest BCUT2D eigenvalue weighted by atomic mass is 32.2. The Morgan fingerprint density at radius 1 is 1.15 bits per heavy atom. The van der Waals surface area contributed by atoms with E-state index in [0.29, 0.717) is 5.75 Å². The molecule has 0 unspecified atom stereocenters. The maximum Gasteiger partial charge on any atom is 0.264 e. The third-order valence-corrected chi connectivity index (χ3v) is 5.86. The predicted octanol–water partition coefficient (Wildman–Crippen LogP) is 2.68. The number of ether oxygens (including phenoxy) is 1. The van der Waals surface area contributed by atoms with Gasteiger partial charge in [0.15, 0.2) is 0 Å². The molecule has 0 radical (unpaired) electrons. The van der Waals surface area contributed by atoms with E-state index < -0.39 is 10.0 Å². The van der Waals surface area contributed by atoms with Crippen LogP contribution in [0.3, 0.4) is 0 Å². The number of nitrogens with one attached hydrogen (secondary N) is 1. The lowest BCUT2D eigenvalue weighted by atomic mass is 10.0. The van der Waals surface area contributed by atoms with E-state index in [1.807, 2.05) is 32.0 Å². The summed E-state index contributed by atoms with van der Waals surface area (Å²) in [6.45, 7) is 3.80. The summed E-state index contributed by atoms with van der Waals surface area (Å²) in [6.07, 6.45) is 0. The van der Waals surface area contributed by atoms with Gasteiger partial charge in [0.2, 0.25) is 0 Å². The molecule has 0 bridgehead atoms. The standard InChI is InChI=1S/C19H24N2O5S/c1-13-9-10-18(25-4)17(11-13)14(2)20-19(22)15-7-6-8-16(12-15)27(23,24)21(3)26-5/h6-12,14H,1-5H3,(H,20,22)/t14-/m1/s1. The summed E-state index contributed by atoms with van der Waals surface area (Å²) in [7, 11) is 0.283. The molecular weight excluding hydrogens is 368 g/mol. The first kappa shape index (κ1) is 20.9. The van der Waals surface area contributed by atoms with Gasteiger partial charge in [-0.3, -0.25) is 9.63 Å². The van der Waals surface area contributed by atoms with Gasteiger partial charge in [0.25, 0.3) is 15.9 Å². The number of amides is 1. The van der Waals surface area contributed by atoms with Crippen molar-refractivity contribution in [1.82, 2.24) is 9.79 Å². The van der Waals surface area contributed by atoms with Crippen LogP contribution in [0.4, 0.5) is 0 Å². The van der Waals surface area contributed by atoms with Gasteiger partial charge in [0, 0.05) is 18.2 Å². The van der Waals surface area contributed by atoms with Crippen molar-refractivity contribution < 1.29 is 22.8 Å². The number of carbonyl (C=O) groups excluding carboxylic acids is 1. The zero-order chi connectivity index (χ0) is 20.2. The minimum Gasteiger partial charge on any atom is -0.496 e. The second-order valence-electron chi connectivity index (χ2n) is 6.07. The van der Waals surface area contributed by atoms with Crippen LogP contribution >= 0.6 is 0 Å². The van der Waals surface area contributed by atoms with Crippen molar-refractivity contribution in [3.8, 4) is 5.75 Å². The van der Waals surface area contributed by atoms with Gasteiger partial charge in [-0.1, -0.05) is 28.2 Å². The van der Waals surface area contributed by atoms with Gasteiger partial charge in [-0.15, -0.1) is 0 Å². The van der Waals surface area contributed by atoms with Crippen LogP contribution in [-0.2, 0) is 14.9 Å². The molecule has 0 saturated heterocycles. The molecular formula is C19H24N2O5S. The molecule has 1 atom stereocenters. The van der Waals surface area contributed by atoms with Gasteiger partial charge in [-0.2, -0.15) is 0 Å². The zero-order valence-corrected chi connectivity index (χ0v) is 16.8. The first-order valence-electron chi connectivity index (χ1n) is 8.29. The van der Waals surface area contributed by atoms with Gasteiger partial charge in [0.1, 0.15) is 5.75 Å². The van der Waals surface area contributed by atoms with Crippen LogP contribution in [0.15, 0.2) is 47.4 Å². The second-order valence-corrected chi connectivity index (χ2v) is 8.00. The minimum atomic E-state index is -3.83. The number of hydrogen-bond donors (Lipinski definition) is 1. The number of nitrogens with zero attached hydrogens (tertiary/aromatic N) is 1. The van der Waals surface area contributed by atoms with E-state index >= 15 is 0 Å². The number of methoxy groups -OCH3 is 1. The summed E-state index contributed by atoms with van der Waals surface area (Å²) < 4.78 is 30.8. The number of carbonyl (C=O) groups is 1. The predicted molar refractivity (Wildman–Crippen MR) is 102 cm³/mol. The molecule has 0 aliphatic carbocycles. The van der Waals surface area contributed by atoms with Crippen molar-refractivity contribution >= 4 is 15.9 Å². The van der Waals surface area contributed by atoms with Crippen molar-refractivity contribution in [2.45, 2.75) is 24.8 Å².